The summed E-state index contributed by atoms with van der Waals surface area (Å²) in [6, 6.07) is 0.717. The van der Waals surface area contributed by atoms with Crippen LogP contribution in [0, 0.1) is 5.92 Å². The fraction of sp³-hybridized carbons (Fsp3) is 0.750. The van der Waals surface area contributed by atoms with Crippen molar-refractivity contribution in [3.05, 3.63) is 17.7 Å². The molecule has 0 atom stereocenters. The third-order valence-corrected chi connectivity index (χ3v) is 4.16. The minimum Gasteiger partial charge on any atom is -0.372 e. The molecule has 1 aromatic heterocycles. The Bertz CT molecular complexity index is 464. The predicted molar refractivity (Wildman–Crippen MR) is 82.0 cm³/mol. The van der Waals surface area contributed by atoms with Crippen LogP contribution in [0.4, 0.5) is 5.69 Å². The zero-order valence-corrected chi connectivity index (χ0v) is 12.9. The van der Waals surface area contributed by atoms with Gasteiger partial charge in [-0.05, 0) is 31.6 Å². The van der Waals surface area contributed by atoms with Gasteiger partial charge in [0.25, 0.3) is 0 Å². The Hall–Kier alpha value is -1.16. The van der Waals surface area contributed by atoms with Crippen molar-refractivity contribution in [1.29, 1.82) is 0 Å². The number of hydrogen-bond acceptors (Lipinski definition) is 4. The van der Waals surface area contributed by atoms with Gasteiger partial charge in [0.15, 0.2) is 0 Å². The fourth-order valence-corrected chi connectivity index (χ4v) is 2.47. The van der Waals surface area contributed by atoms with Crippen LogP contribution in [0.3, 0.4) is 0 Å². The van der Waals surface area contributed by atoms with Gasteiger partial charge in [0.05, 0.1) is 17.6 Å². The number of nitrogens with zero attached hydrogens (tertiary/aromatic N) is 3. The molecule has 4 heteroatoms. The topological polar surface area (TPSA) is 41.1 Å². The van der Waals surface area contributed by atoms with Crippen molar-refractivity contribution < 1.29 is 0 Å². The van der Waals surface area contributed by atoms with Crippen molar-refractivity contribution in [3.8, 4) is 0 Å². The SMILES string of the molecule is CC(C)c1ncc(N(C)CC2CC2)c(CNC2CC2)n1. The van der Waals surface area contributed by atoms with Crippen molar-refractivity contribution in [3.63, 3.8) is 0 Å². The smallest absolute Gasteiger partial charge is 0.131 e. The highest BCUT2D eigenvalue weighted by Crippen LogP contribution is 2.31. The molecular weight excluding hydrogens is 248 g/mol. The molecule has 110 valence electrons. The van der Waals surface area contributed by atoms with Crippen molar-refractivity contribution in [2.24, 2.45) is 5.92 Å². The van der Waals surface area contributed by atoms with E-state index < -0.39 is 0 Å². The lowest BCUT2D eigenvalue weighted by Crippen LogP contribution is -2.25. The summed E-state index contributed by atoms with van der Waals surface area (Å²) in [6.07, 6.45) is 7.41. The van der Waals surface area contributed by atoms with Crippen molar-refractivity contribution in [1.82, 2.24) is 15.3 Å². The molecule has 0 spiro atoms. The van der Waals surface area contributed by atoms with Crippen LogP contribution in [0.25, 0.3) is 0 Å². The van der Waals surface area contributed by atoms with Crippen LogP contribution in [0.2, 0.25) is 0 Å². The Morgan fingerprint density at radius 3 is 2.65 bits per heavy atom. The van der Waals surface area contributed by atoms with Crippen LogP contribution in [-0.2, 0) is 6.54 Å². The highest BCUT2D eigenvalue weighted by atomic mass is 15.1. The summed E-state index contributed by atoms with van der Waals surface area (Å²) in [5, 5.41) is 3.59. The molecule has 2 saturated carbocycles. The molecule has 0 amide bonds. The summed E-state index contributed by atoms with van der Waals surface area (Å²) in [5.74, 6) is 2.23. The minimum atomic E-state index is 0.387. The quantitative estimate of drug-likeness (QED) is 0.830. The van der Waals surface area contributed by atoms with E-state index in [4.69, 9.17) is 4.98 Å². The first-order valence-corrected chi connectivity index (χ1v) is 7.94. The summed E-state index contributed by atoms with van der Waals surface area (Å²) in [5.41, 5.74) is 2.37. The van der Waals surface area contributed by atoms with Gasteiger partial charge < -0.3 is 10.2 Å². The maximum absolute atomic E-state index is 4.81. The average molecular weight is 274 g/mol. The molecule has 4 nitrogen and oxygen atoms in total. The Labute approximate surface area is 122 Å². The molecule has 3 rings (SSSR count). The zero-order valence-electron chi connectivity index (χ0n) is 12.9. The van der Waals surface area contributed by atoms with Gasteiger partial charge in [-0.1, -0.05) is 13.8 Å². The second-order valence-corrected chi connectivity index (χ2v) is 6.69. The van der Waals surface area contributed by atoms with Gasteiger partial charge in [0.1, 0.15) is 5.82 Å². The lowest BCUT2D eigenvalue weighted by molar-refractivity contribution is 0.654. The molecule has 2 fully saturated rings. The molecule has 2 aliphatic rings. The molecule has 0 aromatic carbocycles. The highest BCUT2D eigenvalue weighted by Gasteiger charge is 2.25. The number of anilines is 1. The summed E-state index contributed by atoms with van der Waals surface area (Å²) in [7, 11) is 2.17. The first-order valence-electron chi connectivity index (χ1n) is 7.94. The van der Waals surface area contributed by atoms with Crippen LogP contribution < -0.4 is 10.2 Å². The number of rotatable bonds is 7. The van der Waals surface area contributed by atoms with E-state index in [0.717, 1.165) is 24.8 Å². The molecule has 20 heavy (non-hydrogen) atoms. The normalized spacial score (nSPS) is 18.6. The van der Waals surface area contributed by atoms with Crippen molar-refractivity contribution in [2.75, 3.05) is 18.5 Å². The number of nitrogens with one attached hydrogen (secondary N) is 1. The molecule has 1 N–H and O–H groups in total. The summed E-state index contributed by atoms with van der Waals surface area (Å²) < 4.78 is 0. The standard InChI is InChI=1S/C16H26N4/c1-11(2)16-18-9-15(20(3)10-12-4-5-12)14(19-16)8-17-13-6-7-13/h9,11-13,17H,4-8,10H2,1-3H3. The molecule has 0 saturated heterocycles. The Balaban J connectivity index is 1.76. The number of aromatic nitrogens is 2. The zero-order chi connectivity index (χ0) is 14.1. The van der Waals surface area contributed by atoms with Gasteiger partial charge in [-0.25, -0.2) is 9.97 Å². The molecule has 1 aromatic rings. The maximum Gasteiger partial charge on any atom is 0.131 e. The molecule has 1 heterocycles. The highest BCUT2D eigenvalue weighted by molar-refractivity contribution is 5.48. The molecule has 2 aliphatic carbocycles. The van der Waals surface area contributed by atoms with E-state index in [1.807, 2.05) is 6.20 Å². The van der Waals surface area contributed by atoms with Crippen LogP contribution in [-0.4, -0.2) is 29.6 Å². The predicted octanol–water partition coefficient (Wildman–Crippen LogP) is 2.70. The third-order valence-electron chi connectivity index (χ3n) is 4.16. The molecule has 0 unspecified atom stereocenters. The summed E-state index contributed by atoms with van der Waals surface area (Å²) in [4.78, 5) is 11.7. The Morgan fingerprint density at radius 1 is 1.30 bits per heavy atom. The van der Waals surface area contributed by atoms with Crippen LogP contribution >= 0.6 is 0 Å². The van der Waals surface area contributed by atoms with E-state index in [1.165, 1.54) is 37.1 Å². The van der Waals surface area contributed by atoms with Crippen LogP contribution in [0.15, 0.2) is 6.20 Å². The van der Waals surface area contributed by atoms with E-state index in [0.29, 0.717) is 12.0 Å². The lowest BCUT2D eigenvalue weighted by Gasteiger charge is -2.22. The first-order chi connectivity index (χ1) is 9.63. The number of hydrogen-bond donors (Lipinski definition) is 1. The van der Waals surface area contributed by atoms with E-state index in [2.05, 4.69) is 36.1 Å². The van der Waals surface area contributed by atoms with E-state index >= 15 is 0 Å². The van der Waals surface area contributed by atoms with E-state index in [9.17, 15) is 0 Å². The lowest BCUT2D eigenvalue weighted by atomic mass is 10.2. The van der Waals surface area contributed by atoms with Gasteiger partial charge >= 0.3 is 0 Å². The molecular formula is C16H26N4. The van der Waals surface area contributed by atoms with Gasteiger partial charge in [-0.3, -0.25) is 0 Å². The molecule has 0 aliphatic heterocycles. The fourth-order valence-electron chi connectivity index (χ4n) is 2.47. The van der Waals surface area contributed by atoms with Gasteiger partial charge in [0.2, 0.25) is 0 Å². The van der Waals surface area contributed by atoms with Crippen molar-refractivity contribution >= 4 is 5.69 Å². The average Bonchev–Trinajstić information content (AvgIpc) is 3.30. The van der Waals surface area contributed by atoms with Gasteiger partial charge in [-0.2, -0.15) is 0 Å². The Morgan fingerprint density at radius 2 is 2.05 bits per heavy atom. The van der Waals surface area contributed by atoms with Crippen LogP contribution in [0.5, 0.6) is 0 Å². The minimum absolute atomic E-state index is 0.387. The third kappa shape index (κ3) is 3.48. The van der Waals surface area contributed by atoms with Gasteiger partial charge in [0, 0.05) is 32.1 Å². The molecule has 0 radical (unpaired) electrons. The summed E-state index contributed by atoms with van der Waals surface area (Å²) >= 11 is 0. The van der Waals surface area contributed by atoms with Crippen molar-refractivity contribution in [2.45, 2.75) is 58.0 Å². The van der Waals surface area contributed by atoms with Gasteiger partial charge in [-0.15, -0.1) is 0 Å². The maximum atomic E-state index is 4.81. The summed E-state index contributed by atoms with van der Waals surface area (Å²) in [6.45, 7) is 6.32. The second kappa shape index (κ2) is 5.68. The monoisotopic (exact) mass is 274 g/mol. The van der Waals surface area contributed by atoms with Crippen LogP contribution in [0.1, 0.15) is 57.0 Å². The molecule has 0 bridgehead atoms. The Kier molecular flexibility index (Phi) is 3.92. The second-order valence-electron chi connectivity index (χ2n) is 6.69. The van der Waals surface area contributed by atoms with E-state index in [-0.39, 0.29) is 0 Å². The first kappa shape index (κ1) is 13.8. The van der Waals surface area contributed by atoms with E-state index in [1.54, 1.807) is 0 Å². The largest absolute Gasteiger partial charge is 0.372 e.